The van der Waals surface area contributed by atoms with Crippen LogP contribution in [0.2, 0.25) is 10.0 Å². The smallest absolute Gasteiger partial charge is 0.344 e. The molecule has 26 heavy (non-hydrogen) atoms. The van der Waals surface area contributed by atoms with Crippen molar-refractivity contribution < 1.29 is 19.1 Å². The van der Waals surface area contributed by atoms with E-state index in [0.717, 1.165) is 6.42 Å². The molecule has 2 rings (SSSR count). The van der Waals surface area contributed by atoms with Crippen molar-refractivity contribution in [2.24, 2.45) is 0 Å². The van der Waals surface area contributed by atoms with Crippen molar-refractivity contribution in [1.29, 1.82) is 0 Å². The van der Waals surface area contributed by atoms with Gasteiger partial charge in [-0.3, -0.25) is 4.79 Å². The van der Waals surface area contributed by atoms with Crippen LogP contribution in [0.3, 0.4) is 0 Å². The van der Waals surface area contributed by atoms with Gasteiger partial charge in [0.2, 0.25) is 0 Å². The van der Waals surface area contributed by atoms with Crippen LogP contribution in [-0.2, 0) is 20.7 Å². The van der Waals surface area contributed by atoms with Gasteiger partial charge < -0.3 is 14.8 Å². The molecule has 0 unspecified atom stereocenters. The molecule has 0 heterocycles. The van der Waals surface area contributed by atoms with Gasteiger partial charge in [0, 0.05) is 15.7 Å². The summed E-state index contributed by atoms with van der Waals surface area (Å²) in [6.07, 6.45) is -0.0707. The zero-order valence-electron chi connectivity index (χ0n) is 14.4. The van der Waals surface area contributed by atoms with E-state index in [-0.39, 0.29) is 6.61 Å². The number of nitrogens with one attached hydrogen (secondary N) is 1. The van der Waals surface area contributed by atoms with Gasteiger partial charge in [0.15, 0.2) is 12.7 Å². The molecule has 0 radical (unpaired) electrons. The van der Waals surface area contributed by atoms with Crippen molar-refractivity contribution in [3.05, 3.63) is 58.1 Å². The van der Waals surface area contributed by atoms with E-state index in [9.17, 15) is 9.59 Å². The van der Waals surface area contributed by atoms with Crippen molar-refractivity contribution in [2.45, 2.75) is 26.4 Å². The first-order valence-electron chi connectivity index (χ1n) is 8.05. The fourth-order valence-electron chi connectivity index (χ4n) is 2.12. The number of esters is 1. The molecule has 1 atom stereocenters. The highest BCUT2D eigenvalue weighted by atomic mass is 35.5. The second kappa shape index (κ2) is 9.46. The van der Waals surface area contributed by atoms with Gasteiger partial charge in [0.05, 0.1) is 0 Å². The van der Waals surface area contributed by atoms with E-state index in [1.807, 2.05) is 12.1 Å². The molecule has 1 N–H and O–H groups in total. The SMILES string of the molecule is CCc1ccc(OCC(=O)O[C@H](C)C(=O)Nc2cc(Cl)cc(Cl)c2)cc1. The minimum atomic E-state index is -0.994. The topological polar surface area (TPSA) is 64.6 Å². The summed E-state index contributed by atoms with van der Waals surface area (Å²) in [4.78, 5) is 23.9. The lowest BCUT2D eigenvalue weighted by Gasteiger charge is -2.14. The lowest BCUT2D eigenvalue weighted by Crippen LogP contribution is -2.31. The Hall–Kier alpha value is -2.24. The Bertz CT molecular complexity index is 757. The zero-order chi connectivity index (χ0) is 19.1. The van der Waals surface area contributed by atoms with Crippen LogP contribution < -0.4 is 10.1 Å². The highest BCUT2D eigenvalue weighted by Crippen LogP contribution is 2.22. The molecular formula is C19H19Cl2NO4. The van der Waals surface area contributed by atoms with Crippen molar-refractivity contribution in [3.63, 3.8) is 0 Å². The first-order chi connectivity index (χ1) is 12.4. The van der Waals surface area contributed by atoms with Crippen LogP contribution in [0, 0.1) is 0 Å². The van der Waals surface area contributed by atoms with Gasteiger partial charge >= 0.3 is 5.97 Å². The van der Waals surface area contributed by atoms with E-state index < -0.39 is 18.0 Å². The maximum atomic E-state index is 12.1. The largest absolute Gasteiger partial charge is 0.482 e. The number of carbonyl (C=O) groups is 2. The van der Waals surface area contributed by atoms with Gasteiger partial charge in [-0.2, -0.15) is 0 Å². The zero-order valence-corrected chi connectivity index (χ0v) is 15.9. The summed E-state index contributed by atoms with van der Waals surface area (Å²) in [5.41, 5.74) is 1.59. The quantitative estimate of drug-likeness (QED) is 0.700. The van der Waals surface area contributed by atoms with E-state index in [1.165, 1.54) is 12.5 Å². The molecule has 1 amide bonds. The third-order valence-corrected chi connectivity index (χ3v) is 3.93. The number of aryl methyl sites for hydroxylation is 1. The maximum Gasteiger partial charge on any atom is 0.344 e. The summed E-state index contributed by atoms with van der Waals surface area (Å²) in [7, 11) is 0. The van der Waals surface area contributed by atoms with Gasteiger partial charge in [-0.15, -0.1) is 0 Å². The Kier molecular flexibility index (Phi) is 7.30. The third-order valence-electron chi connectivity index (χ3n) is 3.50. The number of amides is 1. The first-order valence-corrected chi connectivity index (χ1v) is 8.81. The van der Waals surface area contributed by atoms with Gasteiger partial charge in [-0.05, 0) is 49.2 Å². The third kappa shape index (κ3) is 6.24. The van der Waals surface area contributed by atoms with Crippen LogP contribution in [0.1, 0.15) is 19.4 Å². The van der Waals surface area contributed by atoms with Gasteiger partial charge in [-0.1, -0.05) is 42.3 Å². The number of carbonyl (C=O) groups excluding carboxylic acids is 2. The molecule has 2 aromatic carbocycles. The molecule has 0 aliphatic rings. The lowest BCUT2D eigenvalue weighted by molar-refractivity contribution is -0.155. The van der Waals surface area contributed by atoms with E-state index >= 15 is 0 Å². The summed E-state index contributed by atoms with van der Waals surface area (Å²) < 4.78 is 10.4. The van der Waals surface area contributed by atoms with E-state index in [0.29, 0.717) is 21.5 Å². The van der Waals surface area contributed by atoms with Crippen LogP contribution in [0.25, 0.3) is 0 Å². The molecule has 0 fully saturated rings. The van der Waals surface area contributed by atoms with E-state index in [2.05, 4.69) is 12.2 Å². The number of benzene rings is 2. The Morgan fingerprint density at radius 3 is 2.27 bits per heavy atom. The van der Waals surface area contributed by atoms with Gasteiger partial charge in [0.1, 0.15) is 5.75 Å². The molecule has 7 heteroatoms. The number of halogens is 2. The van der Waals surface area contributed by atoms with Crippen LogP contribution >= 0.6 is 23.2 Å². The van der Waals surface area contributed by atoms with Crippen LogP contribution in [0.15, 0.2) is 42.5 Å². The second-order valence-electron chi connectivity index (χ2n) is 5.57. The molecule has 0 aromatic heterocycles. The number of ether oxygens (including phenoxy) is 2. The number of hydrogen-bond acceptors (Lipinski definition) is 4. The minimum Gasteiger partial charge on any atom is -0.482 e. The molecule has 0 saturated carbocycles. The first kappa shape index (κ1) is 20.1. The lowest BCUT2D eigenvalue weighted by atomic mass is 10.2. The fraction of sp³-hybridized carbons (Fsp3) is 0.263. The van der Waals surface area contributed by atoms with Gasteiger partial charge in [-0.25, -0.2) is 4.79 Å². The van der Waals surface area contributed by atoms with Crippen molar-refractivity contribution in [2.75, 3.05) is 11.9 Å². The molecule has 0 aliphatic heterocycles. The fourth-order valence-corrected chi connectivity index (χ4v) is 2.64. The standard InChI is InChI=1S/C19H19Cl2NO4/c1-3-13-4-6-17(7-5-13)25-11-18(23)26-12(2)19(24)22-16-9-14(20)8-15(21)10-16/h4-10,12H,3,11H2,1-2H3,(H,22,24)/t12-/m1/s1. The molecule has 138 valence electrons. The van der Waals surface area contributed by atoms with Gasteiger partial charge in [0.25, 0.3) is 5.91 Å². The summed E-state index contributed by atoms with van der Waals surface area (Å²) in [6, 6.07) is 12.1. The monoisotopic (exact) mass is 395 g/mol. The Morgan fingerprint density at radius 2 is 1.69 bits per heavy atom. The Balaban J connectivity index is 1.82. The molecule has 2 aromatic rings. The molecule has 0 spiro atoms. The molecular weight excluding hydrogens is 377 g/mol. The number of anilines is 1. The second-order valence-corrected chi connectivity index (χ2v) is 6.44. The van der Waals surface area contributed by atoms with Crippen LogP contribution in [0.4, 0.5) is 5.69 Å². The minimum absolute atomic E-state index is 0.286. The van der Waals surface area contributed by atoms with Crippen molar-refractivity contribution in [3.8, 4) is 5.75 Å². The normalized spacial score (nSPS) is 11.5. The van der Waals surface area contributed by atoms with E-state index in [4.69, 9.17) is 32.7 Å². The summed E-state index contributed by atoms with van der Waals surface area (Å²) in [6.45, 7) is 3.23. The van der Waals surface area contributed by atoms with E-state index in [1.54, 1.807) is 30.3 Å². The summed E-state index contributed by atoms with van der Waals surface area (Å²) in [5.74, 6) is -0.579. The molecule has 5 nitrogen and oxygen atoms in total. The average molecular weight is 396 g/mol. The predicted octanol–water partition coefficient (Wildman–Crippen LogP) is 4.51. The number of rotatable bonds is 7. The summed E-state index contributed by atoms with van der Waals surface area (Å²) >= 11 is 11.8. The van der Waals surface area contributed by atoms with Crippen LogP contribution in [0.5, 0.6) is 5.75 Å². The highest BCUT2D eigenvalue weighted by Gasteiger charge is 2.18. The molecule has 0 saturated heterocycles. The highest BCUT2D eigenvalue weighted by molar-refractivity contribution is 6.35. The summed E-state index contributed by atoms with van der Waals surface area (Å²) in [5, 5.41) is 3.37. The van der Waals surface area contributed by atoms with Crippen molar-refractivity contribution >= 4 is 40.8 Å². The predicted molar refractivity (Wildman–Crippen MR) is 102 cm³/mol. The molecule has 0 bridgehead atoms. The molecule has 0 aliphatic carbocycles. The Labute approximate surface area is 162 Å². The Morgan fingerprint density at radius 1 is 1.08 bits per heavy atom. The average Bonchev–Trinajstić information content (AvgIpc) is 2.59. The van der Waals surface area contributed by atoms with Crippen LogP contribution in [-0.4, -0.2) is 24.6 Å². The number of hydrogen-bond donors (Lipinski definition) is 1. The maximum absolute atomic E-state index is 12.1. The van der Waals surface area contributed by atoms with Crippen molar-refractivity contribution in [1.82, 2.24) is 0 Å².